The third-order valence-corrected chi connectivity index (χ3v) is 3.74. The number of hydrogen-bond acceptors (Lipinski definition) is 4. The Morgan fingerprint density at radius 1 is 1.33 bits per heavy atom. The fraction of sp³-hybridized carbons (Fsp3) is 0.267. The van der Waals surface area contributed by atoms with Crippen molar-refractivity contribution in [2.24, 2.45) is 0 Å². The Bertz CT molecular complexity index is 617. The van der Waals surface area contributed by atoms with Crippen LogP contribution in [0.25, 0.3) is 0 Å². The SMILES string of the molecule is O=C(c1ccc(Cl)cn1)N1CCNCC1c1cccnc1. The van der Waals surface area contributed by atoms with Crippen molar-refractivity contribution in [3.8, 4) is 0 Å². The van der Waals surface area contributed by atoms with Crippen molar-refractivity contribution in [2.75, 3.05) is 19.6 Å². The molecular weight excluding hydrogens is 288 g/mol. The molecule has 0 bridgehead atoms. The van der Waals surface area contributed by atoms with Crippen molar-refractivity contribution < 1.29 is 4.79 Å². The van der Waals surface area contributed by atoms with Gasteiger partial charge >= 0.3 is 0 Å². The van der Waals surface area contributed by atoms with E-state index in [9.17, 15) is 4.79 Å². The summed E-state index contributed by atoms with van der Waals surface area (Å²) in [5.74, 6) is -0.0815. The topological polar surface area (TPSA) is 58.1 Å². The maximum atomic E-state index is 12.7. The molecule has 0 aromatic carbocycles. The van der Waals surface area contributed by atoms with Gasteiger partial charge in [0.1, 0.15) is 5.69 Å². The van der Waals surface area contributed by atoms with Gasteiger partial charge in [0.15, 0.2) is 0 Å². The molecule has 0 spiro atoms. The first kappa shape index (κ1) is 14.0. The lowest BCUT2D eigenvalue weighted by Crippen LogP contribution is -2.48. The molecule has 2 aromatic heterocycles. The maximum absolute atomic E-state index is 12.7. The zero-order valence-corrected chi connectivity index (χ0v) is 12.1. The normalized spacial score (nSPS) is 18.5. The Balaban J connectivity index is 1.87. The van der Waals surface area contributed by atoms with E-state index in [0.29, 0.717) is 23.8 Å². The number of hydrogen-bond donors (Lipinski definition) is 1. The minimum atomic E-state index is -0.0815. The average Bonchev–Trinajstić information content (AvgIpc) is 2.56. The van der Waals surface area contributed by atoms with E-state index in [1.807, 2.05) is 17.0 Å². The van der Waals surface area contributed by atoms with Crippen LogP contribution >= 0.6 is 11.6 Å². The van der Waals surface area contributed by atoms with Crippen LogP contribution in [-0.2, 0) is 0 Å². The highest BCUT2D eigenvalue weighted by Gasteiger charge is 2.29. The summed E-state index contributed by atoms with van der Waals surface area (Å²) in [6, 6.07) is 7.18. The molecule has 1 fully saturated rings. The van der Waals surface area contributed by atoms with Gasteiger partial charge in [0.05, 0.1) is 11.1 Å². The predicted octanol–water partition coefficient (Wildman–Crippen LogP) is 1.92. The van der Waals surface area contributed by atoms with Crippen molar-refractivity contribution in [2.45, 2.75) is 6.04 Å². The number of carbonyl (C=O) groups is 1. The Morgan fingerprint density at radius 3 is 2.95 bits per heavy atom. The van der Waals surface area contributed by atoms with E-state index in [0.717, 1.165) is 12.1 Å². The van der Waals surface area contributed by atoms with Gasteiger partial charge in [-0.15, -0.1) is 0 Å². The molecule has 1 aliphatic heterocycles. The van der Waals surface area contributed by atoms with E-state index in [-0.39, 0.29) is 11.9 Å². The van der Waals surface area contributed by atoms with Crippen LogP contribution in [-0.4, -0.2) is 40.4 Å². The Morgan fingerprint density at radius 2 is 2.24 bits per heavy atom. The number of rotatable bonds is 2. The third-order valence-electron chi connectivity index (χ3n) is 3.52. The summed E-state index contributed by atoms with van der Waals surface area (Å²) in [5.41, 5.74) is 1.43. The summed E-state index contributed by atoms with van der Waals surface area (Å²) in [6.45, 7) is 2.13. The molecule has 1 unspecified atom stereocenters. The largest absolute Gasteiger partial charge is 0.328 e. The summed E-state index contributed by atoms with van der Waals surface area (Å²) >= 11 is 5.82. The Kier molecular flexibility index (Phi) is 4.13. The minimum absolute atomic E-state index is 0.0302. The molecule has 1 amide bonds. The van der Waals surface area contributed by atoms with E-state index >= 15 is 0 Å². The summed E-state index contributed by atoms with van der Waals surface area (Å²) in [7, 11) is 0. The van der Waals surface area contributed by atoms with Gasteiger partial charge in [-0.05, 0) is 23.8 Å². The van der Waals surface area contributed by atoms with Crippen molar-refractivity contribution >= 4 is 17.5 Å². The number of amides is 1. The Labute approximate surface area is 128 Å². The molecule has 0 aliphatic carbocycles. The highest BCUT2D eigenvalue weighted by molar-refractivity contribution is 6.30. The zero-order chi connectivity index (χ0) is 14.7. The number of nitrogens with one attached hydrogen (secondary N) is 1. The van der Waals surface area contributed by atoms with Gasteiger partial charge in [0.2, 0.25) is 0 Å². The molecular formula is C15H15ClN4O. The number of piperazine rings is 1. The highest BCUT2D eigenvalue weighted by atomic mass is 35.5. The lowest BCUT2D eigenvalue weighted by atomic mass is 10.0. The van der Waals surface area contributed by atoms with E-state index in [2.05, 4.69) is 15.3 Å². The molecule has 3 rings (SSSR count). The van der Waals surface area contributed by atoms with Crippen molar-refractivity contribution in [3.63, 3.8) is 0 Å². The summed E-state index contributed by atoms with van der Waals surface area (Å²) in [6.07, 6.45) is 5.02. The van der Waals surface area contributed by atoms with Crippen LogP contribution in [0.15, 0.2) is 42.9 Å². The quantitative estimate of drug-likeness (QED) is 0.921. The Hall–Kier alpha value is -1.98. The highest BCUT2D eigenvalue weighted by Crippen LogP contribution is 2.23. The van der Waals surface area contributed by atoms with Crippen molar-refractivity contribution in [1.29, 1.82) is 0 Å². The van der Waals surface area contributed by atoms with Crippen molar-refractivity contribution in [3.05, 3.63) is 59.1 Å². The fourth-order valence-electron chi connectivity index (χ4n) is 2.47. The van der Waals surface area contributed by atoms with Gasteiger partial charge in [0.25, 0.3) is 5.91 Å². The van der Waals surface area contributed by atoms with Gasteiger partial charge < -0.3 is 10.2 Å². The van der Waals surface area contributed by atoms with E-state index in [1.54, 1.807) is 24.5 Å². The van der Waals surface area contributed by atoms with Crippen LogP contribution in [0, 0.1) is 0 Å². The van der Waals surface area contributed by atoms with Gasteiger partial charge in [-0.1, -0.05) is 17.7 Å². The standard InChI is InChI=1S/C15H15ClN4O/c16-12-3-4-13(19-9-12)15(21)20-7-6-18-10-14(20)11-2-1-5-17-8-11/h1-5,8-9,14,18H,6-7,10H2. The molecule has 5 nitrogen and oxygen atoms in total. The maximum Gasteiger partial charge on any atom is 0.273 e. The summed E-state index contributed by atoms with van der Waals surface area (Å²) < 4.78 is 0. The molecule has 2 aromatic rings. The van der Waals surface area contributed by atoms with Gasteiger partial charge in [0, 0.05) is 38.2 Å². The first-order valence-electron chi connectivity index (χ1n) is 6.79. The number of carbonyl (C=O) groups excluding carboxylic acids is 1. The van der Waals surface area contributed by atoms with Crippen LogP contribution < -0.4 is 5.32 Å². The number of aromatic nitrogens is 2. The molecule has 1 saturated heterocycles. The first-order chi connectivity index (χ1) is 10.3. The number of pyridine rings is 2. The molecule has 0 saturated carbocycles. The summed E-state index contributed by atoms with van der Waals surface area (Å²) in [4.78, 5) is 22.8. The fourth-order valence-corrected chi connectivity index (χ4v) is 2.58. The smallest absolute Gasteiger partial charge is 0.273 e. The molecule has 0 radical (unpaired) electrons. The second-order valence-corrected chi connectivity index (χ2v) is 5.30. The average molecular weight is 303 g/mol. The number of halogens is 1. The van der Waals surface area contributed by atoms with E-state index in [4.69, 9.17) is 11.6 Å². The second kappa shape index (κ2) is 6.20. The molecule has 1 aliphatic rings. The first-order valence-corrected chi connectivity index (χ1v) is 7.16. The lowest BCUT2D eigenvalue weighted by Gasteiger charge is -2.36. The van der Waals surface area contributed by atoms with Gasteiger partial charge in [-0.2, -0.15) is 0 Å². The number of nitrogens with zero attached hydrogens (tertiary/aromatic N) is 3. The van der Waals surface area contributed by atoms with Gasteiger partial charge in [-0.3, -0.25) is 9.78 Å². The molecule has 1 N–H and O–H groups in total. The predicted molar refractivity (Wildman–Crippen MR) is 80.1 cm³/mol. The molecule has 21 heavy (non-hydrogen) atoms. The van der Waals surface area contributed by atoms with Crippen LogP contribution in [0.5, 0.6) is 0 Å². The van der Waals surface area contributed by atoms with Crippen LogP contribution in [0.2, 0.25) is 5.02 Å². The molecule has 6 heteroatoms. The third kappa shape index (κ3) is 3.04. The molecule has 108 valence electrons. The zero-order valence-electron chi connectivity index (χ0n) is 11.4. The second-order valence-electron chi connectivity index (χ2n) is 4.87. The van der Waals surface area contributed by atoms with E-state index < -0.39 is 0 Å². The lowest BCUT2D eigenvalue weighted by molar-refractivity contribution is 0.0628. The molecule has 3 heterocycles. The monoisotopic (exact) mass is 302 g/mol. The van der Waals surface area contributed by atoms with Crippen LogP contribution in [0.4, 0.5) is 0 Å². The van der Waals surface area contributed by atoms with Crippen LogP contribution in [0.1, 0.15) is 22.1 Å². The van der Waals surface area contributed by atoms with Crippen molar-refractivity contribution in [1.82, 2.24) is 20.2 Å². The van der Waals surface area contributed by atoms with E-state index in [1.165, 1.54) is 6.20 Å². The summed E-state index contributed by atoms with van der Waals surface area (Å²) in [5, 5.41) is 3.84. The minimum Gasteiger partial charge on any atom is -0.328 e. The van der Waals surface area contributed by atoms with Gasteiger partial charge in [-0.25, -0.2) is 4.98 Å². The molecule has 1 atom stereocenters. The van der Waals surface area contributed by atoms with Crippen LogP contribution in [0.3, 0.4) is 0 Å².